The van der Waals surface area contributed by atoms with Crippen LogP contribution in [0.1, 0.15) is 184 Å². The van der Waals surface area contributed by atoms with Gasteiger partial charge in [-0.05, 0) is 77.2 Å². The van der Waals surface area contributed by atoms with Gasteiger partial charge in [-0.1, -0.05) is 205 Å². The van der Waals surface area contributed by atoms with E-state index in [1.165, 1.54) is 78.9 Å². The molecular weight excluding hydrogens is 1370 g/mol. The maximum absolute atomic E-state index is 15.6. The first-order valence-corrected chi connectivity index (χ1v) is 34.5. The minimum Gasteiger partial charge on any atom is -0.460 e. The lowest BCUT2D eigenvalue weighted by atomic mass is 9.92. The summed E-state index contributed by atoms with van der Waals surface area (Å²) in [5.41, 5.74) is -17.4. The molecule has 6 rings (SSSR count). The molecule has 0 radical (unpaired) electrons. The van der Waals surface area contributed by atoms with Crippen LogP contribution in [-0.2, 0) is 93.7 Å². The van der Waals surface area contributed by atoms with Crippen LogP contribution < -0.4 is 0 Å². The predicted molar refractivity (Wildman–Crippen MR) is 348 cm³/mol. The van der Waals surface area contributed by atoms with Gasteiger partial charge in [-0.3, -0.25) is 0 Å². The second kappa shape index (κ2) is 38.1. The number of rotatable bonds is 42. The molecule has 1 saturated heterocycles. The number of benzene rings is 4. The van der Waals surface area contributed by atoms with E-state index in [2.05, 4.69) is 6.92 Å². The Bertz CT molecular complexity index is 3270. The lowest BCUT2D eigenvalue weighted by Crippen LogP contribution is -2.54. The van der Waals surface area contributed by atoms with Gasteiger partial charge in [-0.25, -0.2) is 24.0 Å². The highest BCUT2D eigenvalue weighted by atomic mass is 19.4. The highest BCUT2D eigenvalue weighted by Gasteiger charge is 2.68. The van der Waals surface area contributed by atoms with Gasteiger partial charge in [0.05, 0.1) is 12.2 Å². The summed E-state index contributed by atoms with van der Waals surface area (Å²) >= 11 is 0. The van der Waals surface area contributed by atoms with Crippen molar-refractivity contribution in [3.05, 3.63) is 155 Å². The smallest absolute Gasteiger partial charge is 0.432 e. The third-order valence-corrected chi connectivity index (χ3v) is 18.8. The van der Waals surface area contributed by atoms with Crippen LogP contribution in [0.15, 0.2) is 133 Å². The molecule has 27 heteroatoms. The first-order chi connectivity index (χ1) is 48.4. The number of hydrogen-bond acceptors (Lipinski definition) is 15. The molecule has 0 N–H and O–H groups in total. The van der Waals surface area contributed by atoms with Gasteiger partial charge in [-0.15, -0.1) is 0 Å². The molecule has 1 fully saturated rings. The fraction of sp³-hybridized carbons (Fsp3) is 0.587. The molecule has 0 aliphatic carbocycles. The van der Waals surface area contributed by atoms with E-state index in [0.717, 1.165) is 93.5 Å². The van der Waals surface area contributed by atoms with Gasteiger partial charge in [0.15, 0.2) is 0 Å². The molecule has 566 valence electrons. The number of unbranched alkanes of at least 4 members (excludes halogenated alkanes) is 13. The van der Waals surface area contributed by atoms with Crippen molar-refractivity contribution in [1.82, 2.24) is 0 Å². The van der Waals surface area contributed by atoms with Crippen molar-refractivity contribution in [1.29, 1.82) is 0 Å². The minimum absolute atomic E-state index is 0.0422. The Morgan fingerprint density at radius 1 is 0.402 bits per heavy atom. The van der Waals surface area contributed by atoms with E-state index in [1.54, 1.807) is 6.92 Å². The number of methoxy groups -OCH3 is 4. The topological polar surface area (TPSA) is 178 Å². The SMILES string of the molecule is CCCCCCCCCCCC[C@@H](OC(=O)[C@](OC)(c1ccccc1)C(F)(F)F)[C@H]1CC[C@H]([C@@H](CC[C@H](CCCCCCC[C@H](CC2=C[C@H](C)OC2=O)OC(=O)[C@](OC)(c2ccccc2)C(F)(F)F)OC(=O)[C@](OC)(c2ccccc2)C(F)(F)F)OC(=O)[C@](OC)(c2ccccc2)C(F)(F)F)O1. The van der Waals surface area contributed by atoms with E-state index >= 15 is 39.5 Å². The van der Waals surface area contributed by atoms with Gasteiger partial charge in [-0.2, -0.15) is 52.7 Å². The normalized spacial score (nSPS) is 19.5. The van der Waals surface area contributed by atoms with Gasteiger partial charge < -0.3 is 47.4 Å². The quantitative estimate of drug-likeness (QED) is 0.0177. The summed E-state index contributed by atoms with van der Waals surface area (Å²) in [5, 5.41) is 0. The summed E-state index contributed by atoms with van der Waals surface area (Å²) in [6, 6.07) is 23.5. The van der Waals surface area contributed by atoms with Crippen molar-refractivity contribution in [3.63, 3.8) is 0 Å². The summed E-state index contributed by atoms with van der Waals surface area (Å²) in [7, 11) is 2.63. The highest BCUT2D eigenvalue weighted by Crippen LogP contribution is 2.49. The third-order valence-electron chi connectivity index (χ3n) is 18.8. The zero-order valence-electron chi connectivity index (χ0n) is 58.1. The van der Waals surface area contributed by atoms with Gasteiger partial charge in [0.1, 0.15) is 30.5 Å². The Kier molecular flexibility index (Phi) is 31.3. The van der Waals surface area contributed by atoms with E-state index in [4.69, 9.17) is 47.4 Å². The first kappa shape index (κ1) is 83.9. The molecule has 0 amide bonds. The molecule has 2 aliphatic rings. The van der Waals surface area contributed by atoms with E-state index in [9.17, 15) is 37.1 Å². The second-order valence-corrected chi connectivity index (χ2v) is 25.6. The summed E-state index contributed by atoms with van der Waals surface area (Å²) in [5.74, 6) is -8.41. The Morgan fingerprint density at radius 2 is 0.696 bits per heavy atom. The van der Waals surface area contributed by atoms with Gasteiger partial charge >= 0.3 is 54.6 Å². The van der Waals surface area contributed by atoms with E-state index in [1.807, 2.05) is 0 Å². The molecule has 4 aromatic rings. The number of ether oxygens (including phenoxy) is 10. The minimum atomic E-state index is -5.54. The lowest BCUT2D eigenvalue weighted by Gasteiger charge is -2.36. The average Bonchev–Trinajstić information content (AvgIpc) is 0.837. The van der Waals surface area contributed by atoms with E-state index < -0.39 is 155 Å². The van der Waals surface area contributed by atoms with Crippen LogP contribution in [0.25, 0.3) is 0 Å². The van der Waals surface area contributed by atoms with Crippen molar-refractivity contribution >= 4 is 29.8 Å². The number of halogens is 12. The van der Waals surface area contributed by atoms with Crippen molar-refractivity contribution < 1.29 is 124 Å². The lowest BCUT2D eigenvalue weighted by molar-refractivity contribution is -0.282. The number of cyclic esters (lactones) is 1. The van der Waals surface area contributed by atoms with Crippen LogP contribution in [-0.4, -0.2) is 126 Å². The molecule has 0 unspecified atom stereocenters. The predicted octanol–water partition coefficient (Wildman–Crippen LogP) is 17.7. The molecule has 4 aromatic carbocycles. The number of esters is 5. The highest BCUT2D eigenvalue weighted by molar-refractivity contribution is 5.91. The summed E-state index contributed by atoms with van der Waals surface area (Å²) in [6.45, 7) is 3.65. The summed E-state index contributed by atoms with van der Waals surface area (Å²) in [6.07, 6.45) is -22.9. The maximum atomic E-state index is 15.6. The van der Waals surface area contributed by atoms with Crippen LogP contribution in [0.2, 0.25) is 0 Å². The van der Waals surface area contributed by atoms with Crippen LogP contribution in [0.3, 0.4) is 0 Å². The third kappa shape index (κ3) is 20.3. The Hall–Kier alpha value is -7.07. The maximum Gasteiger partial charge on any atom is 0.432 e. The standard InChI is InChI=1S/C75H92F12O15/c1-7-8-9-10-11-12-13-14-18-33-44-59(101-66(91)70(95-5,74(82,83)84)55-38-27-21-28-39-55)60-47-48-61(100-60)62(102-67(92)71(96-6,75(85,86)87)56-40-29-22-30-41-56)46-45-57(98-64(89)68(93-3,72(76,77)78)53-34-23-19-24-35-53)42-31-16-15-17-32-43-58(50-52-49-51(2)97-63(52)88)99-65(90)69(94-4,73(79,80)81)54-36-25-20-26-37-54/h19-30,34-41,49,51,57-62H,7-18,31-33,42-48,50H2,1-6H3/t51-,57-,58+,59+,60+,61+,62+,68+,69+,70+,71+/m0/s1. The number of carbonyl (C=O) groups is 5. The van der Waals surface area contributed by atoms with Crippen LogP contribution >= 0.6 is 0 Å². The molecule has 0 aromatic heterocycles. The average molecular weight is 1460 g/mol. The molecule has 0 bridgehead atoms. The van der Waals surface area contributed by atoms with Gasteiger partial charge in [0.25, 0.3) is 22.4 Å². The Morgan fingerprint density at radius 3 is 1.01 bits per heavy atom. The summed E-state index contributed by atoms with van der Waals surface area (Å²) < 4.78 is 239. The van der Waals surface area contributed by atoms with Gasteiger partial charge in [0.2, 0.25) is 0 Å². The van der Waals surface area contributed by atoms with Gasteiger partial charge in [0, 0.05) is 62.7 Å². The van der Waals surface area contributed by atoms with Crippen LogP contribution in [0.5, 0.6) is 0 Å². The Balaban J connectivity index is 1.31. The number of alkyl halides is 12. The fourth-order valence-electron chi connectivity index (χ4n) is 13.3. The largest absolute Gasteiger partial charge is 0.460 e. The van der Waals surface area contributed by atoms with Crippen molar-refractivity contribution in [2.24, 2.45) is 0 Å². The Labute approximate surface area is 586 Å². The molecule has 15 nitrogen and oxygen atoms in total. The zero-order valence-corrected chi connectivity index (χ0v) is 58.1. The number of carbonyl (C=O) groups excluding carboxylic acids is 5. The van der Waals surface area contributed by atoms with E-state index in [-0.39, 0.29) is 76.2 Å². The molecule has 0 spiro atoms. The monoisotopic (exact) mass is 1460 g/mol. The molecule has 11 atom stereocenters. The van der Waals surface area contributed by atoms with Crippen molar-refractivity contribution in [2.75, 3.05) is 28.4 Å². The molecule has 2 aliphatic heterocycles. The molecular formula is C75H92F12O15. The van der Waals surface area contributed by atoms with Crippen molar-refractivity contribution in [2.45, 2.75) is 251 Å². The van der Waals surface area contributed by atoms with Crippen molar-refractivity contribution in [3.8, 4) is 0 Å². The second-order valence-electron chi connectivity index (χ2n) is 25.6. The molecule has 2 heterocycles. The first-order valence-electron chi connectivity index (χ1n) is 34.5. The van der Waals surface area contributed by atoms with Crippen LogP contribution in [0.4, 0.5) is 52.7 Å². The fourth-order valence-corrected chi connectivity index (χ4v) is 13.3. The molecule has 0 saturated carbocycles. The summed E-state index contributed by atoms with van der Waals surface area (Å²) in [4.78, 5) is 70.0. The molecule has 102 heavy (non-hydrogen) atoms. The van der Waals surface area contributed by atoms with E-state index in [0.29, 0.717) is 47.7 Å². The number of hydrogen-bond donors (Lipinski definition) is 0. The zero-order chi connectivity index (χ0) is 75.0. The van der Waals surface area contributed by atoms with Crippen LogP contribution in [0, 0.1) is 0 Å².